The summed E-state index contributed by atoms with van der Waals surface area (Å²) in [5.41, 5.74) is 0. The highest BCUT2D eigenvalue weighted by Gasteiger charge is 2.05. The lowest BCUT2D eigenvalue weighted by Gasteiger charge is -2.11. The topological polar surface area (TPSA) is 58.6 Å². The Morgan fingerprint density at radius 2 is 2.12 bits per heavy atom. The Kier molecular flexibility index (Phi) is 5.36. The first kappa shape index (κ1) is 12.5. The summed E-state index contributed by atoms with van der Waals surface area (Å²) in [4.78, 5) is 11.3. The van der Waals surface area contributed by atoms with Crippen molar-refractivity contribution in [2.75, 3.05) is 13.2 Å². The van der Waals surface area contributed by atoms with Crippen molar-refractivity contribution in [1.29, 1.82) is 0 Å². The van der Waals surface area contributed by atoms with E-state index in [9.17, 15) is 4.79 Å². The molecule has 0 heterocycles. The van der Waals surface area contributed by atoms with Crippen LogP contribution in [0.2, 0.25) is 0 Å². The van der Waals surface area contributed by atoms with Crippen LogP contribution >= 0.6 is 0 Å². The lowest BCUT2D eigenvalue weighted by Crippen LogP contribution is -2.35. The summed E-state index contributed by atoms with van der Waals surface area (Å²) >= 11 is 0. The molecule has 0 bridgehead atoms. The molecule has 88 valence electrons. The Balaban J connectivity index is 2.18. The molecule has 1 atom stereocenters. The minimum atomic E-state index is -0.204. The van der Waals surface area contributed by atoms with Crippen LogP contribution < -0.4 is 10.1 Å². The van der Waals surface area contributed by atoms with E-state index in [1.807, 2.05) is 30.3 Å². The number of ether oxygens (including phenoxy) is 1. The highest BCUT2D eigenvalue weighted by Crippen LogP contribution is 2.08. The smallest absolute Gasteiger partial charge is 0.223 e. The van der Waals surface area contributed by atoms with Crippen molar-refractivity contribution < 1.29 is 14.6 Å². The Labute approximate surface area is 95.2 Å². The number of carbonyl (C=O) groups is 1. The average molecular weight is 223 g/mol. The second-order valence-corrected chi connectivity index (χ2v) is 3.56. The Bertz CT molecular complexity index is 313. The lowest BCUT2D eigenvalue weighted by atomic mass is 10.3. The number of hydrogen-bond donors (Lipinski definition) is 2. The Morgan fingerprint density at radius 3 is 2.75 bits per heavy atom. The zero-order chi connectivity index (χ0) is 11.8. The average Bonchev–Trinajstić information content (AvgIpc) is 2.30. The van der Waals surface area contributed by atoms with Crippen LogP contribution in [0.25, 0.3) is 0 Å². The van der Waals surface area contributed by atoms with E-state index < -0.39 is 0 Å². The van der Waals surface area contributed by atoms with Gasteiger partial charge >= 0.3 is 0 Å². The highest BCUT2D eigenvalue weighted by atomic mass is 16.5. The summed E-state index contributed by atoms with van der Waals surface area (Å²) in [6, 6.07) is 9.14. The zero-order valence-corrected chi connectivity index (χ0v) is 9.35. The first-order valence-electron chi connectivity index (χ1n) is 5.30. The van der Waals surface area contributed by atoms with Crippen LogP contribution in [0.3, 0.4) is 0 Å². The second-order valence-electron chi connectivity index (χ2n) is 3.56. The van der Waals surface area contributed by atoms with E-state index in [1.165, 1.54) is 0 Å². The number of hydrogen-bond acceptors (Lipinski definition) is 3. The molecule has 2 N–H and O–H groups in total. The van der Waals surface area contributed by atoms with Gasteiger partial charge in [0.1, 0.15) is 5.75 Å². The molecule has 1 aromatic rings. The predicted octanol–water partition coefficient (Wildman–Crippen LogP) is 0.953. The van der Waals surface area contributed by atoms with Crippen LogP contribution in [-0.2, 0) is 4.79 Å². The summed E-state index contributed by atoms with van der Waals surface area (Å²) in [7, 11) is 0. The first-order chi connectivity index (χ1) is 7.72. The van der Waals surface area contributed by atoms with Crippen molar-refractivity contribution in [2.45, 2.75) is 19.4 Å². The monoisotopic (exact) mass is 223 g/mol. The fourth-order valence-corrected chi connectivity index (χ4v) is 1.17. The summed E-state index contributed by atoms with van der Waals surface area (Å²) in [6.07, 6.45) is 0.291. The number of rotatable bonds is 6. The van der Waals surface area contributed by atoms with E-state index in [0.717, 1.165) is 5.75 Å². The van der Waals surface area contributed by atoms with Gasteiger partial charge < -0.3 is 15.2 Å². The van der Waals surface area contributed by atoms with E-state index in [2.05, 4.69) is 5.32 Å². The summed E-state index contributed by atoms with van der Waals surface area (Å²) in [5, 5.41) is 11.4. The number of carbonyl (C=O) groups excluding carboxylic acids is 1. The maximum Gasteiger partial charge on any atom is 0.223 e. The van der Waals surface area contributed by atoms with E-state index in [-0.39, 0.29) is 18.6 Å². The molecule has 0 radical (unpaired) electrons. The van der Waals surface area contributed by atoms with E-state index in [0.29, 0.717) is 13.0 Å². The third kappa shape index (κ3) is 4.79. The van der Waals surface area contributed by atoms with E-state index in [1.54, 1.807) is 6.92 Å². The SMILES string of the molecule is C[C@H](CO)NC(=O)CCOc1ccccc1. The third-order valence-corrected chi connectivity index (χ3v) is 2.02. The molecule has 0 saturated carbocycles. The fourth-order valence-electron chi connectivity index (χ4n) is 1.17. The van der Waals surface area contributed by atoms with Gasteiger partial charge in [0.2, 0.25) is 5.91 Å². The number of aliphatic hydroxyl groups is 1. The van der Waals surface area contributed by atoms with Crippen LogP contribution in [0, 0.1) is 0 Å². The van der Waals surface area contributed by atoms with Crippen molar-refractivity contribution in [3.63, 3.8) is 0 Å². The molecule has 0 aliphatic rings. The van der Waals surface area contributed by atoms with Crippen LogP contribution in [0.1, 0.15) is 13.3 Å². The number of nitrogens with one attached hydrogen (secondary N) is 1. The standard InChI is InChI=1S/C12H17NO3/c1-10(9-14)13-12(15)7-8-16-11-5-3-2-4-6-11/h2-6,10,14H,7-9H2,1H3,(H,13,15)/t10-/m1/s1. The zero-order valence-electron chi connectivity index (χ0n) is 9.35. The molecule has 1 amide bonds. The predicted molar refractivity (Wildman–Crippen MR) is 61.2 cm³/mol. The number of para-hydroxylation sites is 1. The van der Waals surface area contributed by atoms with Crippen LogP contribution in [-0.4, -0.2) is 30.3 Å². The molecular weight excluding hydrogens is 206 g/mol. The van der Waals surface area contributed by atoms with Gasteiger partial charge in [-0.25, -0.2) is 0 Å². The van der Waals surface area contributed by atoms with Gasteiger partial charge in [-0.15, -0.1) is 0 Å². The molecule has 16 heavy (non-hydrogen) atoms. The maximum atomic E-state index is 11.3. The first-order valence-corrected chi connectivity index (χ1v) is 5.30. The molecule has 0 unspecified atom stereocenters. The molecule has 0 saturated heterocycles. The summed E-state index contributed by atoms with van der Waals surface area (Å²) < 4.78 is 5.37. The van der Waals surface area contributed by atoms with Gasteiger partial charge in [0.15, 0.2) is 0 Å². The molecule has 1 rings (SSSR count). The van der Waals surface area contributed by atoms with Crippen molar-refractivity contribution in [2.24, 2.45) is 0 Å². The summed E-state index contributed by atoms with van der Waals surface area (Å²) in [5.74, 6) is 0.642. The quantitative estimate of drug-likeness (QED) is 0.755. The van der Waals surface area contributed by atoms with Crippen molar-refractivity contribution in [1.82, 2.24) is 5.32 Å². The normalized spacial score (nSPS) is 11.9. The minimum Gasteiger partial charge on any atom is -0.493 e. The van der Waals surface area contributed by atoms with Crippen LogP contribution in [0.5, 0.6) is 5.75 Å². The molecule has 0 fully saturated rings. The van der Waals surface area contributed by atoms with Crippen molar-refractivity contribution >= 4 is 5.91 Å². The van der Waals surface area contributed by atoms with Gasteiger partial charge in [-0.3, -0.25) is 4.79 Å². The number of aliphatic hydroxyl groups excluding tert-OH is 1. The molecule has 4 heteroatoms. The van der Waals surface area contributed by atoms with Gasteiger partial charge in [0.25, 0.3) is 0 Å². The second kappa shape index (κ2) is 6.85. The number of amides is 1. The molecule has 1 aromatic carbocycles. The van der Waals surface area contributed by atoms with Gasteiger partial charge in [-0.1, -0.05) is 18.2 Å². The third-order valence-electron chi connectivity index (χ3n) is 2.02. The van der Waals surface area contributed by atoms with Crippen LogP contribution in [0.15, 0.2) is 30.3 Å². The Morgan fingerprint density at radius 1 is 1.44 bits per heavy atom. The molecule has 4 nitrogen and oxygen atoms in total. The summed E-state index contributed by atoms with van der Waals surface area (Å²) in [6.45, 7) is 2.04. The molecule has 0 aliphatic carbocycles. The van der Waals surface area contributed by atoms with Crippen LogP contribution in [0.4, 0.5) is 0 Å². The van der Waals surface area contributed by atoms with Gasteiger partial charge in [0.05, 0.1) is 19.6 Å². The van der Waals surface area contributed by atoms with Crippen molar-refractivity contribution in [3.05, 3.63) is 30.3 Å². The van der Waals surface area contributed by atoms with E-state index in [4.69, 9.17) is 9.84 Å². The highest BCUT2D eigenvalue weighted by molar-refractivity contribution is 5.76. The fraction of sp³-hybridized carbons (Fsp3) is 0.417. The molecule has 0 aromatic heterocycles. The van der Waals surface area contributed by atoms with Gasteiger partial charge in [-0.05, 0) is 19.1 Å². The van der Waals surface area contributed by atoms with Gasteiger partial charge in [0, 0.05) is 6.04 Å². The molecular formula is C12H17NO3. The largest absolute Gasteiger partial charge is 0.493 e. The van der Waals surface area contributed by atoms with Crippen molar-refractivity contribution in [3.8, 4) is 5.75 Å². The molecule has 0 aliphatic heterocycles. The Hall–Kier alpha value is -1.55. The van der Waals surface area contributed by atoms with E-state index >= 15 is 0 Å². The minimum absolute atomic E-state index is 0.0503. The molecule has 0 spiro atoms. The maximum absolute atomic E-state index is 11.3. The lowest BCUT2D eigenvalue weighted by molar-refractivity contribution is -0.122. The van der Waals surface area contributed by atoms with Gasteiger partial charge in [-0.2, -0.15) is 0 Å². The number of benzene rings is 1.